The Balaban J connectivity index is 0. The molecule has 3 N–H and O–H groups in total. The van der Waals surface area contributed by atoms with Gasteiger partial charge in [0.25, 0.3) is 0 Å². The molecule has 0 aromatic carbocycles. The van der Waals surface area contributed by atoms with E-state index in [-0.39, 0.29) is 63.4 Å². The molecule has 0 heterocycles. The van der Waals surface area contributed by atoms with Gasteiger partial charge in [-0.3, -0.25) is 0 Å². The fourth-order valence-electron chi connectivity index (χ4n) is 0. The molecule has 0 bridgehead atoms. The maximum Gasteiger partial charge on any atom is 3.00 e. The summed E-state index contributed by atoms with van der Waals surface area (Å²) in [4.78, 5) is 0. The van der Waals surface area contributed by atoms with Gasteiger partial charge in [0.05, 0.1) is 0 Å². The van der Waals surface area contributed by atoms with Crippen LogP contribution in [0.1, 0.15) is 0 Å². The van der Waals surface area contributed by atoms with E-state index in [9.17, 15) is 0 Å². The van der Waals surface area contributed by atoms with E-state index in [4.69, 9.17) is 0 Å². The van der Waals surface area contributed by atoms with Crippen LogP contribution in [0.2, 0.25) is 0 Å². The van der Waals surface area contributed by atoms with Crippen molar-refractivity contribution in [3.8, 4) is 0 Å². The third kappa shape index (κ3) is 9.99. The van der Waals surface area contributed by atoms with E-state index in [1.165, 1.54) is 0 Å². The summed E-state index contributed by atoms with van der Waals surface area (Å²) in [6.45, 7) is 0. The molecular weight excluding hydrogens is 221 g/mol. The summed E-state index contributed by atoms with van der Waals surface area (Å²) in [5.74, 6) is 0. The third-order valence-electron chi connectivity index (χ3n) is 0. The normalized spacial score (nSPS) is 0. The van der Waals surface area contributed by atoms with Gasteiger partial charge in [-0.15, -0.1) is 0 Å². The molecule has 0 aliphatic carbocycles. The Kier molecular flexibility index (Phi) is 346. The van der Waals surface area contributed by atoms with Crippen LogP contribution in [0.5, 0.6) is 0 Å². The molecular formula is H3O3Yb. The van der Waals surface area contributed by atoms with E-state index in [0.29, 0.717) is 0 Å². The molecule has 0 aromatic rings. The third-order valence-corrected chi connectivity index (χ3v) is 0. The van der Waals surface area contributed by atoms with Crippen molar-refractivity contribution >= 4 is 0 Å². The summed E-state index contributed by atoms with van der Waals surface area (Å²) in [6, 6.07) is 0. The quantitative estimate of drug-likeness (QED) is 0.553. The first-order chi connectivity index (χ1) is 0. The van der Waals surface area contributed by atoms with Crippen LogP contribution in [-0.2, 0) is 0 Å². The molecule has 0 atom stereocenters. The molecule has 3 nitrogen and oxygen atoms in total. The summed E-state index contributed by atoms with van der Waals surface area (Å²) in [5, 5.41) is 0. The molecule has 0 unspecified atom stereocenters. The Labute approximate surface area is 62.6 Å². The molecule has 0 aliphatic heterocycles. The first-order valence-electron chi connectivity index (χ1n) is 0. The van der Waals surface area contributed by atoms with Gasteiger partial charge in [-0.05, 0) is 0 Å². The molecule has 0 amide bonds. The number of rotatable bonds is 0. The van der Waals surface area contributed by atoms with Gasteiger partial charge in [0.2, 0.25) is 0 Å². The van der Waals surface area contributed by atoms with Crippen molar-refractivity contribution in [1.29, 1.82) is 0 Å². The molecule has 0 saturated carbocycles. The van der Waals surface area contributed by atoms with Gasteiger partial charge < -0.3 is 16.4 Å². The number of hydrogen-bond donors (Lipinski definition) is 0. The van der Waals surface area contributed by atoms with E-state index < -0.39 is 0 Å². The van der Waals surface area contributed by atoms with Gasteiger partial charge in [0.1, 0.15) is 0 Å². The Hall–Kier alpha value is 1.40. The Bertz CT molecular complexity index is 3.25. The summed E-state index contributed by atoms with van der Waals surface area (Å²) >= 11 is 0. The van der Waals surface area contributed by atoms with Crippen LogP contribution in [-0.4, -0.2) is 16.4 Å². The summed E-state index contributed by atoms with van der Waals surface area (Å²) < 4.78 is 0. The fraction of sp³-hybridized carbons (Fsp3) is 0. The van der Waals surface area contributed by atoms with Crippen molar-refractivity contribution in [3.05, 3.63) is 0 Å². The van der Waals surface area contributed by atoms with Crippen LogP contribution >= 0.6 is 0 Å². The van der Waals surface area contributed by atoms with Gasteiger partial charge in [-0.1, -0.05) is 0 Å². The van der Waals surface area contributed by atoms with Gasteiger partial charge in [-0.25, -0.2) is 0 Å². The van der Waals surface area contributed by atoms with Gasteiger partial charge in [0.15, 0.2) is 0 Å². The van der Waals surface area contributed by atoms with Gasteiger partial charge in [-0.2, -0.15) is 0 Å². The zero-order valence-corrected chi connectivity index (χ0v) is 3.32. The largest absolute Gasteiger partial charge is 3.00 e. The van der Waals surface area contributed by atoms with E-state index in [2.05, 4.69) is 0 Å². The Morgan fingerprint density at radius 1 is 0.500 bits per heavy atom. The predicted molar refractivity (Wildman–Crippen MR) is 5.81 cm³/mol. The van der Waals surface area contributed by atoms with E-state index in [0.717, 1.165) is 0 Å². The molecule has 0 aliphatic rings. The number of hydrogen-bond acceptors (Lipinski definition) is 3. The van der Waals surface area contributed by atoms with Crippen molar-refractivity contribution in [2.75, 3.05) is 0 Å². The van der Waals surface area contributed by atoms with Crippen molar-refractivity contribution in [1.82, 2.24) is 0 Å². The molecule has 0 spiro atoms. The minimum Gasteiger partial charge on any atom is -0.870 e. The second kappa shape index (κ2) is 26.0. The van der Waals surface area contributed by atoms with Crippen LogP contribution in [0, 0.1) is 46.9 Å². The average Bonchev–Trinajstić information content (AvgIpc) is 0. The van der Waals surface area contributed by atoms with Crippen molar-refractivity contribution < 1.29 is 63.4 Å². The average molecular weight is 224 g/mol. The molecule has 1 radical (unpaired) electrons. The molecule has 0 rings (SSSR count). The van der Waals surface area contributed by atoms with Gasteiger partial charge in [0, 0.05) is 0 Å². The first kappa shape index (κ1) is 53.4. The van der Waals surface area contributed by atoms with Crippen molar-refractivity contribution in [3.63, 3.8) is 0 Å². The molecule has 0 aromatic heterocycles. The van der Waals surface area contributed by atoms with E-state index >= 15 is 0 Å². The maximum absolute atomic E-state index is 0. The molecule has 0 fully saturated rings. The van der Waals surface area contributed by atoms with E-state index in [1.807, 2.05) is 0 Å². The Morgan fingerprint density at radius 2 is 0.500 bits per heavy atom. The monoisotopic (exact) mass is 225 g/mol. The van der Waals surface area contributed by atoms with Gasteiger partial charge >= 0.3 is 46.9 Å². The zero-order valence-electron chi connectivity index (χ0n) is 1.61. The van der Waals surface area contributed by atoms with E-state index in [1.54, 1.807) is 0 Å². The zero-order chi connectivity index (χ0) is 0. The van der Waals surface area contributed by atoms with Crippen molar-refractivity contribution in [2.24, 2.45) is 0 Å². The second-order valence-corrected chi connectivity index (χ2v) is 0. The standard InChI is InChI=1S/3H2O.Yb/h3*1H2;/q;;;+3/p-3. The van der Waals surface area contributed by atoms with Crippen LogP contribution in [0.15, 0.2) is 0 Å². The topological polar surface area (TPSA) is 90.0 Å². The summed E-state index contributed by atoms with van der Waals surface area (Å²) in [5.41, 5.74) is 0. The van der Waals surface area contributed by atoms with Crippen LogP contribution < -0.4 is 0 Å². The first-order valence-corrected chi connectivity index (χ1v) is 0. The SMILES string of the molecule is [OH-].[OH-].[OH-].[Yb+3]. The summed E-state index contributed by atoms with van der Waals surface area (Å²) in [6.07, 6.45) is 0. The second-order valence-electron chi connectivity index (χ2n) is 0. The molecule has 4 heavy (non-hydrogen) atoms. The summed E-state index contributed by atoms with van der Waals surface area (Å²) in [7, 11) is 0. The predicted octanol–water partition coefficient (Wildman–Crippen LogP) is -0.530. The Morgan fingerprint density at radius 3 is 0.500 bits per heavy atom. The van der Waals surface area contributed by atoms with Crippen LogP contribution in [0.25, 0.3) is 0 Å². The smallest absolute Gasteiger partial charge is 0.870 e. The fourth-order valence-corrected chi connectivity index (χ4v) is 0. The minimum atomic E-state index is 0. The minimum absolute atomic E-state index is 0. The van der Waals surface area contributed by atoms with Crippen molar-refractivity contribution in [2.45, 2.75) is 0 Å². The molecule has 4 heteroatoms. The van der Waals surface area contributed by atoms with Crippen LogP contribution in [0.4, 0.5) is 0 Å². The molecule has 0 saturated heterocycles. The van der Waals surface area contributed by atoms with Crippen LogP contribution in [0.3, 0.4) is 0 Å². The maximum atomic E-state index is 0. The molecule has 35 valence electrons.